The highest BCUT2D eigenvalue weighted by atomic mass is 16.4. The number of amides is 1. The van der Waals surface area contributed by atoms with Crippen LogP contribution in [0.2, 0.25) is 0 Å². The predicted octanol–water partition coefficient (Wildman–Crippen LogP) is 3.11. The molecule has 1 amide bonds. The molecule has 0 unspecified atom stereocenters. The minimum Gasteiger partial charge on any atom is -0.478 e. The predicted molar refractivity (Wildman–Crippen MR) is 103 cm³/mol. The van der Waals surface area contributed by atoms with E-state index in [2.05, 4.69) is 9.80 Å². The molecule has 1 saturated heterocycles. The molecule has 5 fully saturated rings. The van der Waals surface area contributed by atoms with Crippen LogP contribution in [-0.2, 0) is 4.79 Å². The molecule has 6 rings (SSSR count). The molecule has 27 heavy (non-hydrogen) atoms. The van der Waals surface area contributed by atoms with Gasteiger partial charge >= 0.3 is 5.97 Å². The Kier molecular flexibility index (Phi) is 4.14. The van der Waals surface area contributed by atoms with E-state index < -0.39 is 5.97 Å². The average molecular weight is 368 g/mol. The number of anilines is 1. The SMILES string of the molecule is O=C(O)c1ccc(N2CCN(C(=O)C3C4CC5CC(C4)CC3C5)CC2)cc1. The number of aromatic carboxylic acids is 1. The van der Waals surface area contributed by atoms with Crippen molar-refractivity contribution in [3.63, 3.8) is 0 Å². The van der Waals surface area contributed by atoms with Gasteiger partial charge in [-0.3, -0.25) is 4.79 Å². The van der Waals surface area contributed by atoms with Gasteiger partial charge in [-0.25, -0.2) is 4.79 Å². The number of nitrogens with zero attached hydrogens (tertiary/aromatic N) is 2. The number of carbonyl (C=O) groups is 2. The van der Waals surface area contributed by atoms with Crippen molar-refractivity contribution in [3.8, 4) is 0 Å². The van der Waals surface area contributed by atoms with Gasteiger partial charge in [0.1, 0.15) is 0 Å². The highest BCUT2D eigenvalue weighted by molar-refractivity contribution is 5.88. The molecule has 4 saturated carbocycles. The minimum absolute atomic E-state index is 0.291. The van der Waals surface area contributed by atoms with Gasteiger partial charge in [0.2, 0.25) is 5.91 Å². The van der Waals surface area contributed by atoms with Crippen LogP contribution in [-0.4, -0.2) is 48.1 Å². The van der Waals surface area contributed by atoms with E-state index in [4.69, 9.17) is 5.11 Å². The lowest BCUT2D eigenvalue weighted by Crippen LogP contribution is -2.56. The third-order valence-corrected chi connectivity index (χ3v) is 7.58. The molecular formula is C22H28N2O3. The quantitative estimate of drug-likeness (QED) is 0.891. The first kappa shape index (κ1) is 17.1. The van der Waals surface area contributed by atoms with E-state index in [0.29, 0.717) is 29.2 Å². The first-order valence-electron chi connectivity index (χ1n) is 10.5. The third kappa shape index (κ3) is 3.01. The van der Waals surface area contributed by atoms with Gasteiger partial charge in [0.05, 0.1) is 5.56 Å². The molecule has 1 aliphatic heterocycles. The van der Waals surface area contributed by atoms with Crippen LogP contribution in [0.5, 0.6) is 0 Å². The zero-order valence-corrected chi connectivity index (χ0v) is 15.7. The number of hydrogen-bond donors (Lipinski definition) is 1. The summed E-state index contributed by atoms with van der Waals surface area (Å²) in [7, 11) is 0. The third-order valence-electron chi connectivity index (χ3n) is 7.58. The smallest absolute Gasteiger partial charge is 0.335 e. The van der Waals surface area contributed by atoms with Crippen molar-refractivity contribution in [2.24, 2.45) is 29.6 Å². The molecule has 5 nitrogen and oxygen atoms in total. The van der Waals surface area contributed by atoms with E-state index in [1.54, 1.807) is 12.1 Å². The van der Waals surface area contributed by atoms with E-state index in [1.807, 2.05) is 12.1 Å². The summed E-state index contributed by atoms with van der Waals surface area (Å²) in [4.78, 5) is 28.7. The van der Waals surface area contributed by atoms with E-state index >= 15 is 0 Å². The van der Waals surface area contributed by atoms with Crippen molar-refractivity contribution < 1.29 is 14.7 Å². The van der Waals surface area contributed by atoms with Crippen LogP contribution in [0.1, 0.15) is 42.5 Å². The van der Waals surface area contributed by atoms with E-state index in [-0.39, 0.29) is 0 Å². The molecule has 0 radical (unpaired) electrons. The van der Waals surface area contributed by atoms with E-state index in [1.165, 1.54) is 32.1 Å². The topological polar surface area (TPSA) is 60.9 Å². The Bertz CT molecular complexity index is 708. The summed E-state index contributed by atoms with van der Waals surface area (Å²) in [5.41, 5.74) is 1.36. The van der Waals surface area contributed by atoms with Crippen molar-refractivity contribution in [2.75, 3.05) is 31.1 Å². The molecule has 0 aromatic heterocycles. The maximum atomic E-state index is 13.3. The van der Waals surface area contributed by atoms with E-state index in [0.717, 1.165) is 43.7 Å². The Morgan fingerprint density at radius 2 is 1.37 bits per heavy atom. The summed E-state index contributed by atoms with van der Waals surface area (Å²) in [5, 5.41) is 9.03. The molecule has 144 valence electrons. The van der Waals surface area contributed by atoms with Crippen LogP contribution in [0.15, 0.2) is 24.3 Å². The summed E-state index contributed by atoms with van der Waals surface area (Å²) < 4.78 is 0. The number of carboxylic acids is 1. The van der Waals surface area contributed by atoms with Crippen molar-refractivity contribution in [3.05, 3.63) is 29.8 Å². The number of piperazine rings is 1. The lowest BCUT2D eigenvalue weighted by Gasteiger charge is -2.54. The van der Waals surface area contributed by atoms with Crippen LogP contribution in [0.3, 0.4) is 0 Å². The zero-order chi connectivity index (χ0) is 18.5. The maximum absolute atomic E-state index is 13.3. The monoisotopic (exact) mass is 368 g/mol. The Morgan fingerprint density at radius 1 is 0.815 bits per heavy atom. The molecule has 4 bridgehead atoms. The van der Waals surface area contributed by atoms with Crippen LogP contribution < -0.4 is 4.90 Å². The van der Waals surface area contributed by atoms with Gasteiger partial charge in [-0.2, -0.15) is 0 Å². The zero-order valence-electron chi connectivity index (χ0n) is 15.7. The van der Waals surface area contributed by atoms with Gasteiger partial charge in [0, 0.05) is 37.8 Å². The van der Waals surface area contributed by atoms with Crippen LogP contribution in [0, 0.1) is 29.6 Å². The number of hydrogen-bond acceptors (Lipinski definition) is 3. The van der Waals surface area contributed by atoms with Gasteiger partial charge in [-0.05, 0) is 80.0 Å². The Morgan fingerprint density at radius 3 is 1.89 bits per heavy atom. The lowest BCUT2D eigenvalue weighted by atomic mass is 9.51. The summed E-state index contributed by atoms with van der Waals surface area (Å²) in [5.74, 6) is 2.92. The summed E-state index contributed by atoms with van der Waals surface area (Å²) in [6.07, 6.45) is 6.59. The molecule has 5 heteroatoms. The number of carbonyl (C=O) groups excluding carboxylic acids is 1. The minimum atomic E-state index is -0.896. The fourth-order valence-electron chi connectivity index (χ4n) is 6.54. The number of rotatable bonds is 3. The van der Waals surface area contributed by atoms with Crippen molar-refractivity contribution in [1.29, 1.82) is 0 Å². The van der Waals surface area contributed by atoms with Crippen LogP contribution >= 0.6 is 0 Å². The van der Waals surface area contributed by atoms with Crippen molar-refractivity contribution >= 4 is 17.6 Å². The molecular weight excluding hydrogens is 340 g/mol. The largest absolute Gasteiger partial charge is 0.478 e. The normalized spacial score (nSPS) is 34.7. The highest BCUT2D eigenvalue weighted by Gasteiger charge is 2.51. The number of benzene rings is 1. The van der Waals surface area contributed by atoms with Gasteiger partial charge < -0.3 is 14.9 Å². The first-order chi connectivity index (χ1) is 13.1. The molecule has 5 aliphatic rings. The fraction of sp³-hybridized carbons (Fsp3) is 0.636. The molecule has 1 aromatic carbocycles. The van der Waals surface area contributed by atoms with Gasteiger partial charge in [-0.1, -0.05) is 0 Å². The molecule has 0 spiro atoms. The summed E-state index contributed by atoms with van der Waals surface area (Å²) >= 11 is 0. The Balaban J connectivity index is 1.22. The highest BCUT2D eigenvalue weighted by Crippen LogP contribution is 2.56. The lowest BCUT2D eigenvalue weighted by molar-refractivity contribution is -0.149. The maximum Gasteiger partial charge on any atom is 0.335 e. The van der Waals surface area contributed by atoms with E-state index in [9.17, 15) is 9.59 Å². The first-order valence-corrected chi connectivity index (χ1v) is 10.5. The second kappa shape index (κ2) is 6.54. The van der Waals surface area contributed by atoms with Crippen molar-refractivity contribution in [2.45, 2.75) is 32.1 Å². The van der Waals surface area contributed by atoms with Gasteiger partial charge in [0.25, 0.3) is 0 Å². The summed E-state index contributed by atoms with van der Waals surface area (Å²) in [6, 6.07) is 7.06. The fourth-order valence-corrected chi connectivity index (χ4v) is 6.54. The Hall–Kier alpha value is -2.04. The molecule has 1 N–H and O–H groups in total. The average Bonchev–Trinajstić information content (AvgIpc) is 2.67. The molecule has 0 atom stereocenters. The van der Waals surface area contributed by atoms with Crippen LogP contribution in [0.4, 0.5) is 5.69 Å². The molecule has 1 heterocycles. The second-order valence-corrected chi connectivity index (χ2v) is 9.12. The standard InChI is InChI=1S/C22H28N2O3/c25-21(20-17-10-14-9-15(12-17)13-18(20)11-14)24-7-5-23(6-8-24)19-3-1-16(2-4-19)22(26)27/h1-4,14-15,17-18,20H,5-13H2,(H,26,27). The van der Waals surface area contributed by atoms with Crippen molar-refractivity contribution in [1.82, 2.24) is 4.90 Å². The summed E-state index contributed by atoms with van der Waals surface area (Å²) in [6.45, 7) is 3.21. The second-order valence-electron chi connectivity index (χ2n) is 9.12. The molecule has 1 aromatic rings. The number of carboxylic acid groups (broad SMARTS) is 1. The Labute approximate surface area is 160 Å². The van der Waals surface area contributed by atoms with Gasteiger partial charge in [0.15, 0.2) is 0 Å². The van der Waals surface area contributed by atoms with Gasteiger partial charge in [-0.15, -0.1) is 0 Å². The molecule has 4 aliphatic carbocycles. The van der Waals surface area contributed by atoms with Crippen LogP contribution in [0.25, 0.3) is 0 Å².